The predicted molar refractivity (Wildman–Crippen MR) is 94.7 cm³/mol. The minimum atomic E-state index is -4.13. The average Bonchev–Trinajstić information content (AvgIpc) is 2.82. The number of hydrogen-bond donors (Lipinski definition) is 1. The van der Waals surface area contributed by atoms with Crippen molar-refractivity contribution in [2.45, 2.75) is 75.4 Å². The molecule has 22 heavy (non-hydrogen) atoms. The van der Waals surface area contributed by atoms with E-state index in [1.165, 1.54) is 0 Å². The summed E-state index contributed by atoms with van der Waals surface area (Å²) in [5.74, 6) is 0. The van der Waals surface area contributed by atoms with Crippen molar-refractivity contribution in [3.8, 4) is 0 Å². The predicted octanol–water partition coefficient (Wildman–Crippen LogP) is 5.25. The van der Waals surface area contributed by atoms with E-state index in [2.05, 4.69) is 40.8 Å². The Morgan fingerprint density at radius 3 is 2.36 bits per heavy atom. The summed E-state index contributed by atoms with van der Waals surface area (Å²) in [7, 11) is -6.08. The third-order valence-corrected chi connectivity index (χ3v) is 11.1. The van der Waals surface area contributed by atoms with E-state index in [1.54, 1.807) is 11.4 Å². The van der Waals surface area contributed by atoms with Crippen LogP contribution in [0.2, 0.25) is 18.1 Å². The van der Waals surface area contributed by atoms with Crippen LogP contribution >= 0.6 is 11.3 Å². The van der Waals surface area contributed by atoms with Crippen LogP contribution in [0.4, 0.5) is 0 Å². The van der Waals surface area contributed by atoms with Crippen LogP contribution in [0, 0.1) is 0 Å². The molecule has 0 aliphatic carbocycles. The van der Waals surface area contributed by atoms with Crippen molar-refractivity contribution in [3.05, 3.63) is 17.0 Å². The van der Waals surface area contributed by atoms with Gasteiger partial charge in [-0.25, -0.2) is 0 Å². The summed E-state index contributed by atoms with van der Waals surface area (Å²) < 4.78 is 38.2. The van der Waals surface area contributed by atoms with Gasteiger partial charge in [0.15, 0.2) is 8.32 Å². The molecule has 1 heterocycles. The highest BCUT2D eigenvalue weighted by Gasteiger charge is 2.39. The molecule has 0 saturated carbocycles. The third kappa shape index (κ3) is 5.16. The van der Waals surface area contributed by atoms with E-state index in [1.807, 2.05) is 0 Å². The van der Waals surface area contributed by atoms with Crippen molar-refractivity contribution in [2.24, 2.45) is 0 Å². The molecule has 0 fully saturated rings. The summed E-state index contributed by atoms with van der Waals surface area (Å²) in [5.41, 5.74) is 0.857. The first-order valence-electron chi connectivity index (χ1n) is 7.62. The first-order chi connectivity index (χ1) is 9.88. The molecule has 0 spiro atoms. The zero-order chi connectivity index (χ0) is 17.2. The highest BCUT2D eigenvalue weighted by atomic mass is 32.3. The summed E-state index contributed by atoms with van der Waals surface area (Å²) in [4.78, 5) is 0. The Balaban J connectivity index is 3.06. The Hall–Kier alpha value is -0.213. The van der Waals surface area contributed by atoms with Crippen LogP contribution in [0.25, 0.3) is 0 Å². The normalized spacial score (nSPS) is 15.0. The van der Waals surface area contributed by atoms with Crippen LogP contribution < -0.4 is 0 Å². The molecule has 1 aromatic heterocycles. The summed E-state index contributed by atoms with van der Waals surface area (Å²) in [6.07, 6.45) is 2.85. The first-order valence-corrected chi connectivity index (χ1v) is 12.8. The van der Waals surface area contributed by atoms with Gasteiger partial charge in [0, 0.05) is 0 Å². The van der Waals surface area contributed by atoms with Gasteiger partial charge in [-0.2, -0.15) is 8.42 Å². The molecule has 1 unspecified atom stereocenters. The van der Waals surface area contributed by atoms with Gasteiger partial charge in [-0.3, -0.25) is 4.55 Å². The van der Waals surface area contributed by atoms with E-state index in [0.717, 1.165) is 36.2 Å². The van der Waals surface area contributed by atoms with Crippen molar-refractivity contribution in [3.63, 3.8) is 0 Å². The molecule has 0 aliphatic rings. The van der Waals surface area contributed by atoms with Gasteiger partial charge in [-0.05, 0) is 41.6 Å². The van der Waals surface area contributed by atoms with Crippen molar-refractivity contribution in [2.75, 3.05) is 0 Å². The Bertz CT molecular complexity index is 585. The molecular formula is C15H28O4S2Si. The second-order valence-electron chi connectivity index (χ2n) is 7.18. The molecule has 7 heteroatoms. The van der Waals surface area contributed by atoms with E-state index in [9.17, 15) is 13.0 Å². The van der Waals surface area contributed by atoms with Crippen molar-refractivity contribution in [1.82, 2.24) is 0 Å². The van der Waals surface area contributed by atoms with Crippen molar-refractivity contribution >= 4 is 29.8 Å². The summed E-state index contributed by atoms with van der Waals surface area (Å²) in [5, 5.41) is 1.88. The molecule has 0 aliphatic heterocycles. The highest BCUT2D eigenvalue weighted by molar-refractivity contribution is 7.88. The van der Waals surface area contributed by atoms with Crippen LogP contribution in [-0.2, 0) is 14.5 Å². The molecule has 4 nitrogen and oxygen atoms in total. The van der Waals surface area contributed by atoms with Crippen LogP contribution in [-0.4, -0.2) is 21.3 Å². The van der Waals surface area contributed by atoms with Gasteiger partial charge in [0.2, 0.25) is 0 Å². The minimum Gasteiger partial charge on any atom is -0.410 e. The van der Waals surface area contributed by atoms with Gasteiger partial charge in [0.1, 0.15) is 4.21 Å². The molecule has 0 radical (unpaired) electrons. The van der Waals surface area contributed by atoms with Gasteiger partial charge in [0.25, 0.3) is 0 Å². The molecule has 128 valence electrons. The summed E-state index contributed by atoms with van der Waals surface area (Å²) in [6.45, 7) is 13.1. The number of unbranched alkanes of at least 4 members (excludes halogenated alkanes) is 1. The van der Waals surface area contributed by atoms with Gasteiger partial charge in [0.05, 0.1) is 6.10 Å². The Morgan fingerprint density at radius 2 is 1.95 bits per heavy atom. The molecule has 1 rings (SSSR count). The molecule has 1 N–H and O–H groups in total. The fourth-order valence-corrected chi connectivity index (χ4v) is 4.76. The zero-order valence-corrected chi connectivity index (χ0v) is 17.0. The van der Waals surface area contributed by atoms with E-state index in [4.69, 9.17) is 4.43 Å². The fraction of sp³-hybridized carbons (Fsp3) is 0.733. The maximum absolute atomic E-state index is 11.3. The lowest BCUT2D eigenvalue weighted by Crippen LogP contribution is -2.41. The molecule has 0 saturated heterocycles. The first kappa shape index (κ1) is 19.8. The van der Waals surface area contributed by atoms with Crippen molar-refractivity contribution in [1.29, 1.82) is 0 Å². The monoisotopic (exact) mass is 364 g/mol. The van der Waals surface area contributed by atoms with E-state index in [0.29, 0.717) is 0 Å². The molecule has 0 aromatic carbocycles. The van der Waals surface area contributed by atoms with Gasteiger partial charge in [-0.15, -0.1) is 11.3 Å². The van der Waals surface area contributed by atoms with Gasteiger partial charge < -0.3 is 4.43 Å². The minimum absolute atomic E-state index is 0.0113. The Labute approximate surface area is 139 Å². The van der Waals surface area contributed by atoms with E-state index < -0.39 is 18.4 Å². The Morgan fingerprint density at radius 1 is 1.36 bits per heavy atom. The molecule has 1 aromatic rings. The van der Waals surface area contributed by atoms with Crippen LogP contribution in [0.15, 0.2) is 15.7 Å². The lowest BCUT2D eigenvalue weighted by molar-refractivity contribution is 0.171. The van der Waals surface area contributed by atoms with Crippen molar-refractivity contribution < 1.29 is 17.4 Å². The summed E-state index contributed by atoms with van der Waals surface area (Å²) in [6, 6.07) is 1.55. The Kier molecular flexibility index (Phi) is 6.43. The SMILES string of the molecule is CCCCC(O[Si](C)(C)C(C)(C)C)c1csc(S(=O)(=O)O)c1. The van der Waals surface area contributed by atoms with Gasteiger partial charge in [-0.1, -0.05) is 40.5 Å². The lowest BCUT2D eigenvalue weighted by atomic mass is 10.1. The van der Waals surface area contributed by atoms with E-state index in [-0.39, 0.29) is 15.4 Å². The van der Waals surface area contributed by atoms with Crippen LogP contribution in [0.3, 0.4) is 0 Å². The molecule has 0 bridgehead atoms. The largest absolute Gasteiger partial charge is 0.410 e. The maximum Gasteiger partial charge on any atom is 0.304 e. The topological polar surface area (TPSA) is 63.6 Å². The molecule has 1 atom stereocenters. The summed E-state index contributed by atoms with van der Waals surface area (Å²) >= 11 is 1.05. The maximum atomic E-state index is 11.3. The number of thiophene rings is 1. The second kappa shape index (κ2) is 7.13. The number of hydrogen-bond acceptors (Lipinski definition) is 4. The quantitative estimate of drug-likeness (QED) is 0.530. The van der Waals surface area contributed by atoms with Gasteiger partial charge >= 0.3 is 10.1 Å². The third-order valence-electron chi connectivity index (χ3n) is 4.28. The highest BCUT2D eigenvalue weighted by Crippen LogP contribution is 2.41. The van der Waals surface area contributed by atoms with E-state index >= 15 is 0 Å². The van der Waals surface area contributed by atoms with Crippen LogP contribution in [0.1, 0.15) is 58.6 Å². The van der Waals surface area contributed by atoms with Crippen LogP contribution in [0.5, 0.6) is 0 Å². The fourth-order valence-electron chi connectivity index (χ4n) is 1.85. The number of rotatable bonds is 7. The lowest BCUT2D eigenvalue weighted by Gasteiger charge is -2.39. The zero-order valence-electron chi connectivity index (χ0n) is 14.3. The smallest absolute Gasteiger partial charge is 0.304 e. The average molecular weight is 365 g/mol. The molecular weight excluding hydrogens is 336 g/mol. The molecule has 0 amide bonds. The second-order valence-corrected chi connectivity index (χ2v) is 14.5. The standard InChI is InChI=1S/C15H28O4S2Si/c1-7-8-9-13(19-22(5,6)15(2,3)4)12-10-14(20-11-12)21(16,17)18/h10-11,13H,7-9H2,1-6H3,(H,16,17,18).